The summed E-state index contributed by atoms with van der Waals surface area (Å²) in [6.07, 6.45) is 3.54. The van der Waals surface area contributed by atoms with Crippen LogP contribution in [0.25, 0.3) is 0 Å². The molecule has 0 bridgehead atoms. The van der Waals surface area contributed by atoms with Crippen LogP contribution in [0.1, 0.15) is 16.7 Å². The Hall–Kier alpha value is -2.51. The molecule has 0 aromatic heterocycles. The normalized spacial score (nSPS) is 9.62. The van der Waals surface area contributed by atoms with Crippen molar-refractivity contribution in [1.29, 1.82) is 0 Å². The molecular formula is C16H11ClN2O2. The molecule has 0 spiro atoms. The summed E-state index contributed by atoms with van der Waals surface area (Å²) in [6, 6.07) is 10.6. The molecule has 2 aromatic carbocycles. The number of hydrogen-bond acceptors (Lipinski definition) is 4. The van der Waals surface area contributed by atoms with Crippen molar-refractivity contribution in [2.75, 3.05) is 0 Å². The fourth-order valence-corrected chi connectivity index (χ4v) is 2.21. The van der Waals surface area contributed by atoms with Gasteiger partial charge in [-0.15, -0.1) is 0 Å². The molecule has 21 heavy (non-hydrogen) atoms. The van der Waals surface area contributed by atoms with Gasteiger partial charge in [0.15, 0.2) is 0 Å². The molecule has 0 amide bonds. The Balaban J connectivity index is 2.45. The van der Waals surface area contributed by atoms with Crippen LogP contribution < -0.4 is 0 Å². The van der Waals surface area contributed by atoms with Gasteiger partial charge in [-0.25, -0.2) is 9.59 Å². The van der Waals surface area contributed by atoms with Crippen LogP contribution in [-0.4, -0.2) is 12.2 Å². The summed E-state index contributed by atoms with van der Waals surface area (Å²) in [5, 5.41) is 0.651. The van der Waals surface area contributed by atoms with Crippen LogP contribution in [-0.2, 0) is 16.0 Å². The predicted octanol–water partition coefficient (Wildman–Crippen LogP) is 4.17. The quantitative estimate of drug-likeness (QED) is 0.628. The minimum absolute atomic E-state index is 0.394. The maximum Gasteiger partial charge on any atom is 0.240 e. The molecule has 0 aliphatic carbocycles. The molecule has 0 saturated carbocycles. The molecule has 0 unspecified atom stereocenters. The van der Waals surface area contributed by atoms with Crippen molar-refractivity contribution in [3.8, 4) is 0 Å². The number of hydrogen-bond donors (Lipinski definition) is 0. The van der Waals surface area contributed by atoms with E-state index in [9.17, 15) is 9.59 Å². The highest BCUT2D eigenvalue weighted by atomic mass is 35.5. The van der Waals surface area contributed by atoms with Crippen molar-refractivity contribution >= 4 is 35.1 Å². The molecule has 0 atom stereocenters. The largest absolute Gasteiger partial charge is 0.240 e. The first-order chi connectivity index (χ1) is 10.1. The SMILES string of the molecule is Cc1ccc(Cl)cc1Cc1ccc(N=C=O)cc1N=C=O. The Morgan fingerprint density at radius 2 is 1.76 bits per heavy atom. The van der Waals surface area contributed by atoms with Gasteiger partial charge in [-0.3, -0.25) is 0 Å². The zero-order valence-corrected chi connectivity index (χ0v) is 12.0. The average Bonchev–Trinajstić information content (AvgIpc) is 2.46. The Labute approximate surface area is 126 Å². The number of rotatable bonds is 4. The van der Waals surface area contributed by atoms with Crippen LogP contribution in [0.2, 0.25) is 5.02 Å². The monoisotopic (exact) mass is 298 g/mol. The van der Waals surface area contributed by atoms with Gasteiger partial charge in [0.1, 0.15) is 0 Å². The Morgan fingerprint density at radius 1 is 1.00 bits per heavy atom. The molecule has 4 nitrogen and oxygen atoms in total. The van der Waals surface area contributed by atoms with Crippen molar-refractivity contribution in [3.05, 3.63) is 58.1 Å². The van der Waals surface area contributed by atoms with Gasteiger partial charge < -0.3 is 0 Å². The second kappa shape index (κ2) is 6.78. The number of halogens is 1. The summed E-state index contributed by atoms with van der Waals surface area (Å²) in [5.74, 6) is 0. The highest BCUT2D eigenvalue weighted by Crippen LogP contribution is 2.28. The van der Waals surface area contributed by atoms with E-state index in [-0.39, 0.29) is 0 Å². The van der Waals surface area contributed by atoms with E-state index in [1.807, 2.05) is 25.1 Å². The van der Waals surface area contributed by atoms with Gasteiger partial charge in [0.25, 0.3) is 0 Å². The van der Waals surface area contributed by atoms with Gasteiger partial charge in [-0.1, -0.05) is 23.7 Å². The molecule has 0 radical (unpaired) electrons. The van der Waals surface area contributed by atoms with Crippen LogP contribution in [0.15, 0.2) is 46.4 Å². The predicted molar refractivity (Wildman–Crippen MR) is 81.0 cm³/mol. The summed E-state index contributed by atoms with van der Waals surface area (Å²) in [5.41, 5.74) is 3.78. The number of nitrogens with zero attached hydrogens (tertiary/aromatic N) is 2. The minimum atomic E-state index is 0.394. The third-order valence-electron chi connectivity index (χ3n) is 3.10. The van der Waals surface area contributed by atoms with Crippen molar-refractivity contribution in [3.63, 3.8) is 0 Å². The first-order valence-electron chi connectivity index (χ1n) is 6.17. The average molecular weight is 299 g/mol. The topological polar surface area (TPSA) is 58.9 Å². The van der Waals surface area contributed by atoms with E-state index in [4.69, 9.17) is 11.6 Å². The zero-order valence-electron chi connectivity index (χ0n) is 11.3. The van der Waals surface area contributed by atoms with Gasteiger partial charge in [0, 0.05) is 5.02 Å². The van der Waals surface area contributed by atoms with Crippen LogP contribution in [0, 0.1) is 6.92 Å². The van der Waals surface area contributed by atoms with Crippen LogP contribution >= 0.6 is 11.6 Å². The van der Waals surface area contributed by atoms with Crippen molar-refractivity contribution in [2.45, 2.75) is 13.3 Å². The van der Waals surface area contributed by atoms with E-state index in [1.165, 1.54) is 12.2 Å². The van der Waals surface area contributed by atoms with Gasteiger partial charge in [0.2, 0.25) is 12.2 Å². The van der Waals surface area contributed by atoms with Gasteiger partial charge in [0.05, 0.1) is 11.4 Å². The van der Waals surface area contributed by atoms with E-state index in [1.54, 1.807) is 18.2 Å². The van der Waals surface area contributed by atoms with Gasteiger partial charge in [-0.2, -0.15) is 9.98 Å². The molecule has 2 aromatic rings. The lowest BCUT2D eigenvalue weighted by molar-refractivity contribution is 0.565. The van der Waals surface area contributed by atoms with E-state index >= 15 is 0 Å². The molecular weight excluding hydrogens is 288 g/mol. The number of benzene rings is 2. The Kier molecular flexibility index (Phi) is 4.81. The molecule has 104 valence electrons. The van der Waals surface area contributed by atoms with Crippen molar-refractivity contribution in [2.24, 2.45) is 9.98 Å². The smallest absolute Gasteiger partial charge is 0.211 e. The second-order valence-corrected chi connectivity index (χ2v) is 4.90. The summed E-state index contributed by atoms with van der Waals surface area (Å²) in [4.78, 5) is 28.0. The van der Waals surface area contributed by atoms with E-state index in [0.29, 0.717) is 22.8 Å². The highest BCUT2D eigenvalue weighted by molar-refractivity contribution is 6.30. The minimum Gasteiger partial charge on any atom is -0.211 e. The molecule has 0 saturated heterocycles. The summed E-state index contributed by atoms with van der Waals surface area (Å²) >= 11 is 6.01. The fourth-order valence-electron chi connectivity index (χ4n) is 2.01. The van der Waals surface area contributed by atoms with Crippen molar-refractivity contribution < 1.29 is 9.59 Å². The van der Waals surface area contributed by atoms with Gasteiger partial charge >= 0.3 is 0 Å². The molecule has 0 N–H and O–H groups in total. The molecule has 2 rings (SSSR count). The number of aryl methyl sites for hydroxylation is 1. The first-order valence-corrected chi connectivity index (χ1v) is 6.55. The number of isocyanates is 2. The number of aliphatic imine (C=N–C) groups is 2. The Morgan fingerprint density at radius 3 is 2.48 bits per heavy atom. The Bertz CT molecular complexity index is 774. The zero-order chi connectivity index (χ0) is 15.2. The van der Waals surface area contributed by atoms with Crippen LogP contribution in [0.5, 0.6) is 0 Å². The maximum absolute atomic E-state index is 10.5. The van der Waals surface area contributed by atoms with Crippen molar-refractivity contribution in [1.82, 2.24) is 0 Å². The molecule has 0 heterocycles. The maximum atomic E-state index is 10.5. The first kappa shape index (κ1) is 14.9. The van der Waals surface area contributed by atoms with E-state index in [0.717, 1.165) is 16.7 Å². The number of carbonyl (C=O) groups excluding carboxylic acids is 2. The lowest BCUT2D eigenvalue weighted by Gasteiger charge is -2.09. The van der Waals surface area contributed by atoms with Crippen LogP contribution in [0.4, 0.5) is 11.4 Å². The van der Waals surface area contributed by atoms with E-state index < -0.39 is 0 Å². The third-order valence-corrected chi connectivity index (χ3v) is 3.34. The third kappa shape index (κ3) is 3.74. The lowest BCUT2D eigenvalue weighted by atomic mass is 9.99. The summed E-state index contributed by atoms with van der Waals surface area (Å²) in [7, 11) is 0. The van der Waals surface area contributed by atoms with Gasteiger partial charge in [-0.05, 0) is 54.3 Å². The lowest BCUT2D eigenvalue weighted by Crippen LogP contribution is -1.92. The summed E-state index contributed by atoms with van der Waals surface area (Å²) in [6.45, 7) is 1.99. The molecule has 5 heteroatoms. The molecule has 0 aliphatic heterocycles. The molecule has 0 fully saturated rings. The second-order valence-electron chi connectivity index (χ2n) is 4.47. The van der Waals surface area contributed by atoms with Crippen LogP contribution in [0.3, 0.4) is 0 Å². The summed E-state index contributed by atoms with van der Waals surface area (Å²) < 4.78 is 0. The van der Waals surface area contributed by atoms with E-state index in [2.05, 4.69) is 9.98 Å². The fraction of sp³-hybridized carbons (Fsp3) is 0.125. The standard InChI is InChI=1S/C16H11ClN2O2/c1-11-2-4-14(17)7-13(11)6-12-3-5-15(18-9-20)8-16(12)19-10-21/h2-5,7-8H,6H2,1H3. The molecule has 0 aliphatic rings. The highest BCUT2D eigenvalue weighted by Gasteiger charge is 2.07.